The smallest absolute Gasteiger partial charge is 0.263 e. The lowest BCUT2D eigenvalue weighted by atomic mass is 10.4. The zero-order valence-electron chi connectivity index (χ0n) is 14.3. The Labute approximate surface area is 149 Å². The van der Waals surface area contributed by atoms with E-state index in [1.807, 2.05) is 13.8 Å². The molecule has 2 heterocycles. The van der Waals surface area contributed by atoms with E-state index in [9.17, 15) is 4.79 Å². The van der Waals surface area contributed by atoms with Crippen LogP contribution < -0.4 is 16.0 Å². The summed E-state index contributed by atoms with van der Waals surface area (Å²) in [4.78, 5) is 26.6. The summed E-state index contributed by atoms with van der Waals surface area (Å²) in [6.45, 7) is 7.63. The van der Waals surface area contributed by atoms with Crippen LogP contribution in [0.25, 0.3) is 0 Å². The van der Waals surface area contributed by atoms with Crippen molar-refractivity contribution in [3.8, 4) is 0 Å². The van der Waals surface area contributed by atoms with E-state index in [2.05, 4.69) is 37.8 Å². The number of hydrogen-bond donors (Lipinski definition) is 3. The summed E-state index contributed by atoms with van der Waals surface area (Å²) in [7, 11) is 1.72. The third-order valence-corrected chi connectivity index (χ3v) is 5.36. The molecule has 1 amide bonds. The van der Waals surface area contributed by atoms with Crippen molar-refractivity contribution >= 4 is 34.5 Å². The van der Waals surface area contributed by atoms with Crippen LogP contribution in [-0.2, 0) is 6.54 Å². The average Bonchev–Trinajstić information content (AvgIpc) is 3.12. The molecule has 0 aliphatic rings. The van der Waals surface area contributed by atoms with E-state index in [4.69, 9.17) is 0 Å². The fraction of sp³-hybridized carbons (Fsp3) is 0.467. The van der Waals surface area contributed by atoms with Gasteiger partial charge in [0.05, 0.1) is 23.4 Å². The number of guanidine groups is 1. The normalized spacial score (nSPS) is 11.4. The second kappa shape index (κ2) is 8.74. The first-order valence-corrected chi connectivity index (χ1v) is 9.26. The molecule has 7 nitrogen and oxygen atoms in total. The zero-order chi connectivity index (χ0) is 17.5. The number of amides is 1. The van der Waals surface area contributed by atoms with Crippen molar-refractivity contribution in [2.45, 2.75) is 27.3 Å². The number of carbonyl (C=O) groups excluding carboxylic acids is 1. The second-order valence-corrected chi connectivity index (χ2v) is 7.27. The summed E-state index contributed by atoms with van der Waals surface area (Å²) in [5, 5.41) is 10.3. The van der Waals surface area contributed by atoms with Crippen molar-refractivity contribution in [1.82, 2.24) is 25.9 Å². The number of aliphatic imine (C=N–C) groups is 1. The molecule has 3 N–H and O–H groups in total. The maximum Gasteiger partial charge on any atom is 0.263 e. The summed E-state index contributed by atoms with van der Waals surface area (Å²) in [6, 6.07) is 0. The predicted octanol–water partition coefficient (Wildman–Crippen LogP) is 1.62. The van der Waals surface area contributed by atoms with Gasteiger partial charge in [0.2, 0.25) is 0 Å². The van der Waals surface area contributed by atoms with E-state index in [1.54, 1.807) is 23.9 Å². The molecule has 2 aromatic rings. The highest BCUT2D eigenvalue weighted by Crippen LogP contribution is 2.15. The number of aryl methyl sites for hydroxylation is 3. The minimum atomic E-state index is -0.0894. The molecule has 0 aliphatic carbocycles. The molecule has 0 radical (unpaired) electrons. The molecule has 0 saturated carbocycles. The molecule has 0 aliphatic heterocycles. The highest BCUT2D eigenvalue weighted by Gasteiger charge is 2.10. The Kier molecular flexibility index (Phi) is 6.68. The first-order chi connectivity index (χ1) is 11.5. The van der Waals surface area contributed by atoms with Gasteiger partial charge in [-0.15, -0.1) is 22.7 Å². The fourth-order valence-electron chi connectivity index (χ4n) is 1.95. The maximum absolute atomic E-state index is 12.0. The first kappa shape index (κ1) is 18.3. The Morgan fingerprint density at radius 2 is 1.92 bits per heavy atom. The van der Waals surface area contributed by atoms with Crippen LogP contribution in [0.15, 0.2) is 10.5 Å². The SMILES string of the molecule is CN=C(NCCNC(=O)c1scnc1C)NCc1nc(C)c(C)s1. The Morgan fingerprint density at radius 3 is 2.50 bits per heavy atom. The summed E-state index contributed by atoms with van der Waals surface area (Å²) < 4.78 is 0. The van der Waals surface area contributed by atoms with Crippen LogP contribution in [0.1, 0.15) is 30.9 Å². The van der Waals surface area contributed by atoms with Gasteiger partial charge in [-0.25, -0.2) is 9.97 Å². The Balaban J connectivity index is 1.70. The molecule has 2 rings (SSSR count). The molecule has 0 atom stereocenters. The third kappa shape index (κ3) is 5.00. The van der Waals surface area contributed by atoms with Gasteiger partial charge in [0.25, 0.3) is 5.91 Å². The van der Waals surface area contributed by atoms with Crippen molar-refractivity contribution in [2.75, 3.05) is 20.1 Å². The molecular formula is C15H22N6OS2. The lowest BCUT2D eigenvalue weighted by Crippen LogP contribution is -2.41. The van der Waals surface area contributed by atoms with E-state index >= 15 is 0 Å². The van der Waals surface area contributed by atoms with Crippen LogP contribution in [0.3, 0.4) is 0 Å². The van der Waals surface area contributed by atoms with E-state index in [0.29, 0.717) is 30.5 Å². The summed E-state index contributed by atoms with van der Waals surface area (Å²) in [6.07, 6.45) is 0. The standard InChI is InChI=1S/C15H22N6OS2/c1-9-11(3)24-12(21-9)7-19-15(16-4)18-6-5-17-14(22)13-10(2)20-8-23-13/h8H,5-7H2,1-4H3,(H,17,22)(H2,16,18,19). The minimum absolute atomic E-state index is 0.0894. The topological polar surface area (TPSA) is 91.3 Å². The lowest BCUT2D eigenvalue weighted by molar-refractivity contribution is 0.0957. The van der Waals surface area contributed by atoms with Gasteiger partial charge in [-0.05, 0) is 20.8 Å². The quantitative estimate of drug-likeness (QED) is 0.410. The Bertz CT molecular complexity index is 702. The highest BCUT2D eigenvalue weighted by atomic mass is 32.1. The van der Waals surface area contributed by atoms with E-state index in [1.165, 1.54) is 16.2 Å². The summed E-state index contributed by atoms with van der Waals surface area (Å²) >= 11 is 3.03. The monoisotopic (exact) mass is 366 g/mol. The molecule has 0 saturated heterocycles. The molecule has 0 fully saturated rings. The number of thiazole rings is 2. The number of hydrogen-bond acceptors (Lipinski definition) is 6. The molecule has 9 heteroatoms. The number of carbonyl (C=O) groups is 1. The molecule has 2 aromatic heterocycles. The second-order valence-electron chi connectivity index (χ2n) is 5.12. The molecule has 24 heavy (non-hydrogen) atoms. The van der Waals surface area contributed by atoms with Crippen molar-refractivity contribution in [3.63, 3.8) is 0 Å². The van der Waals surface area contributed by atoms with Gasteiger partial charge in [0.1, 0.15) is 9.88 Å². The van der Waals surface area contributed by atoms with Gasteiger partial charge in [0.15, 0.2) is 5.96 Å². The van der Waals surface area contributed by atoms with Gasteiger partial charge >= 0.3 is 0 Å². The predicted molar refractivity (Wildman–Crippen MR) is 99.0 cm³/mol. The largest absolute Gasteiger partial charge is 0.355 e. The highest BCUT2D eigenvalue weighted by molar-refractivity contribution is 7.12. The lowest BCUT2D eigenvalue weighted by Gasteiger charge is -2.11. The Hall–Kier alpha value is -2.00. The molecule has 0 unspecified atom stereocenters. The van der Waals surface area contributed by atoms with Crippen LogP contribution in [0.4, 0.5) is 0 Å². The van der Waals surface area contributed by atoms with E-state index in [-0.39, 0.29) is 5.91 Å². The number of rotatable bonds is 6. The van der Waals surface area contributed by atoms with Gasteiger partial charge < -0.3 is 16.0 Å². The molecule has 0 spiro atoms. The number of nitrogens with one attached hydrogen (secondary N) is 3. The van der Waals surface area contributed by atoms with Crippen LogP contribution in [0.5, 0.6) is 0 Å². The van der Waals surface area contributed by atoms with Crippen LogP contribution >= 0.6 is 22.7 Å². The molecule has 0 bridgehead atoms. The average molecular weight is 367 g/mol. The van der Waals surface area contributed by atoms with Gasteiger partial charge in [-0.1, -0.05) is 0 Å². The van der Waals surface area contributed by atoms with Crippen LogP contribution in [-0.4, -0.2) is 42.0 Å². The first-order valence-electron chi connectivity index (χ1n) is 7.57. The van der Waals surface area contributed by atoms with Gasteiger partial charge in [-0.2, -0.15) is 0 Å². The van der Waals surface area contributed by atoms with Crippen molar-refractivity contribution in [1.29, 1.82) is 0 Å². The molecular weight excluding hydrogens is 344 g/mol. The fourth-order valence-corrected chi connectivity index (χ4v) is 3.54. The number of nitrogens with zero attached hydrogens (tertiary/aromatic N) is 3. The molecule has 0 aromatic carbocycles. The minimum Gasteiger partial charge on any atom is -0.355 e. The summed E-state index contributed by atoms with van der Waals surface area (Å²) in [5.74, 6) is 0.595. The maximum atomic E-state index is 12.0. The van der Waals surface area contributed by atoms with Gasteiger partial charge in [-0.3, -0.25) is 9.79 Å². The van der Waals surface area contributed by atoms with Crippen molar-refractivity contribution < 1.29 is 4.79 Å². The third-order valence-electron chi connectivity index (χ3n) is 3.36. The number of aromatic nitrogens is 2. The van der Waals surface area contributed by atoms with Gasteiger partial charge in [0, 0.05) is 25.0 Å². The van der Waals surface area contributed by atoms with Crippen molar-refractivity contribution in [3.05, 3.63) is 31.7 Å². The van der Waals surface area contributed by atoms with E-state index < -0.39 is 0 Å². The van der Waals surface area contributed by atoms with Crippen molar-refractivity contribution in [2.24, 2.45) is 4.99 Å². The Morgan fingerprint density at radius 1 is 1.17 bits per heavy atom. The van der Waals surface area contributed by atoms with Crippen LogP contribution in [0.2, 0.25) is 0 Å². The molecule has 130 valence electrons. The van der Waals surface area contributed by atoms with Crippen LogP contribution in [0, 0.1) is 20.8 Å². The zero-order valence-corrected chi connectivity index (χ0v) is 15.9. The van der Waals surface area contributed by atoms with E-state index in [0.717, 1.165) is 16.4 Å². The summed E-state index contributed by atoms with van der Waals surface area (Å²) in [5.41, 5.74) is 3.51.